The molecule has 0 aliphatic carbocycles. The van der Waals surface area contributed by atoms with Crippen LogP contribution in [0.4, 0.5) is 10.1 Å². The maximum absolute atomic E-state index is 13.0. The summed E-state index contributed by atoms with van der Waals surface area (Å²) in [6, 6.07) is 15.3. The lowest BCUT2D eigenvalue weighted by molar-refractivity contribution is -0.118. The Morgan fingerprint density at radius 1 is 1.25 bits per heavy atom. The molecule has 2 atom stereocenters. The van der Waals surface area contributed by atoms with Crippen LogP contribution in [-0.4, -0.2) is 22.7 Å². The SMILES string of the molecule is O=C(Nc1ccc(F)cc1)[C@@]1(SCc2ccccc2)N=NC[C@@H]1Cl. The molecule has 1 N–H and O–H groups in total. The summed E-state index contributed by atoms with van der Waals surface area (Å²) in [6.07, 6.45) is 0. The Morgan fingerprint density at radius 3 is 2.58 bits per heavy atom. The monoisotopic (exact) mass is 363 g/mol. The van der Waals surface area contributed by atoms with Gasteiger partial charge < -0.3 is 5.32 Å². The lowest BCUT2D eigenvalue weighted by Crippen LogP contribution is -2.44. The highest BCUT2D eigenvalue weighted by atomic mass is 35.5. The first-order valence-electron chi connectivity index (χ1n) is 7.38. The van der Waals surface area contributed by atoms with E-state index in [4.69, 9.17) is 11.6 Å². The van der Waals surface area contributed by atoms with Crippen molar-refractivity contribution in [3.8, 4) is 0 Å². The van der Waals surface area contributed by atoms with Crippen molar-refractivity contribution in [1.82, 2.24) is 0 Å². The second-order valence-corrected chi connectivity index (χ2v) is 7.05. The van der Waals surface area contributed by atoms with Crippen molar-refractivity contribution in [2.75, 3.05) is 11.9 Å². The van der Waals surface area contributed by atoms with Crippen LogP contribution in [0.2, 0.25) is 0 Å². The summed E-state index contributed by atoms with van der Waals surface area (Å²) in [4.78, 5) is 11.6. The summed E-state index contributed by atoms with van der Waals surface area (Å²) >= 11 is 7.70. The molecule has 1 aliphatic heterocycles. The smallest absolute Gasteiger partial charge is 0.266 e. The first kappa shape index (κ1) is 16.9. The van der Waals surface area contributed by atoms with E-state index in [1.807, 2.05) is 30.3 Å². The standard InChI is InChI=1S/C17H15ClFN3OS/c18-15-10-20-22-17(15,24-11-12-4-2-1-3-5-12)16(23)21-14-8-6-13(19)7-9-14/h1-9,15H,10-11H2,(H,21,23)/t15-,17+/m0/s1. The van der Waals surface area contributed by atoms with E-state index < -0.39 is 10.2 Å². The summed E-state index contributed by atoms with van der Waals surface area (Å²) in [5.41, 5.74) is 1.56. The minimum Gasteiger partial charge on any atom is -0.323 e. The van der Waals surface area contributed by atoms with Gasteiger partial charge in [-0.15, -0.1) is 23.4 Å². The van der Waals surface area contributed by atoms with E-state index in [1.54, 1.807) is 0 Å². The number of carbonyl (C=O) groups excluding carboxylic acids is 1. The van der Waals surface area contributed by atoms with Crippen LogP contribution in [0, 0.1) is 5.82 Å². The summed E-state index contributed by atoms with van der Waals surface area (Å²) in [6.45, 7) is 0.292. The van der Waals surface area contributed by atoms with E-state index in [9.17, 15) is 9.18 Å². The molecule has 1 aliphatic rings. The maximum Gasteiger partial charge on any atom is 0.266 e. The largest absolute Gasteiger partial charge is 0.323 e. The van der Waals surface area contributed by atoms with Crippen LogP contribution in [0.25, 0.3) is 0 Å². The third kappa shape index (κ3) is 3.60. The van der Waals surface area contributed by atoms with Gasteiger partial charge in [-0.25, -0.2) is 4.39 Å². The molecule has 124 valence electrons. The van der Waals surface area contributed by atoms with Crippen molar-refractivity contribution in [2.45, 2.75) is 16.0 Å². The summed E-state index contributed by atoms with van der Waals surface area (Å²) in [7, 11) is 0. The molecular weight excluding hydrogens is 349 g/mol. The highest BCUT2D eigenvalue weighted by Crippen LogP contribution is 2.41. The molecular formula is C17H15ClFN3OS. The van der Waals surface area contributed by atoms with E-state index in [-0.39, 0.29) is 11.7 Å². The van der Waals surface area contributed by atoms with E-state index in [0.717, 1.165) is 5.56 Å². The van der Waals surface area contributed by atoms with Crippen molar-refractivity contribution >= 4 is 35.0 Å². The van der Waals surface area contributed by atoms with Crippen LogP contribution in [0.15, 0.2) is 64.8 Å². The molecule has 0 unspecified atom stereocenters. The number of thioether (sulfide) groups is 1. The number of benzene rings is 2. The van der Waals surface area contributed by atoms with Gasteiger partial charge in [0, 0.05) is 11.4 Å². The zero-order chi connectivity index (χ0) is 17.0. The summed E-state index contributed by atoms with van der Waals surface area (Å²) < 4.78 is 13.0. The van der Waals surface area contributed by atoms with Crippen molar-refractivity contribution < 1.29 is 9.18 Å². The van der Waals surface area contributed by atoms with Gasteiger partial charge in [0.1, 0.15) is 11.2 Å². The van der Waals surface area contributed by atoms with Gasteiger partial charge in [0.05, 0.1) is 6.54 Å². The van der Waals surface area contributed by atoms with E-state index in [2.05, 4.69) is 15.5 Å². The molecule has 0 spiro atoms. The third-order valence-electron chi connectivity index (χ3n) is 3.61. The fourth-order valence-corrected chi connectivity index (χ4v) is 3.82. The van der Waals surface area contributed by atoms with Crippen LogP contribution in [-0.2, 0) is 10.5 Å². The second kappa shape index (κ2) is 7.32. The second-order valence-electron chi connectivity index (χ2n) is 5.32. The predicted molar refractivity (Wildman–Crippen MR) is 94.9 cm³/mol. The molecule has 7 heteroatoms. The number of hydrogen-bond acceptors (Lipinski definition) is 4. The minimum absolute atomic E-state index is 0.292. The number of halogens is 2. The van der Waals surface area contributed by atoms with Gasteiger partial charge in [0.15, 0.2) is 0 Å². The van der Waals surface area contributed by atoms with Crippen molar-refractivity contribution in [3.63, 3.8) is 0 Å². The zero-order valence-corrected chi connectivity index (χ0v) is 14.2. The Morgan fingerprint density at radius 2 is 1.96 bits per heavy atom. The normalized spacial score (nSPS) is 22.5. The van der Waals surface area contributed by atoms with Gasteiger partial charge in [0.2, 0.25) is 4.87 Å². The number of carbonyl (C=O) groups is 1. The number of nitrogens with zero attached hydrogens (tertiary/aromatic N) is 2. The Balaban J connectivity index is 1.76. The molecule has 1 amide bonds. The molecule has 3 rings (SSSR count). The Kier molecular flexibility index (Phi) is 5.16. The van der Waals surface area contributed by atoms with Crippen LogP contribution >= 0.6 is 23.4 Å². The molecule has 0 aromatic heterocycles. The number of alkyl halides is 1. The quantitative estimate of drug-likeness (QED) is 0.797. The number of amides is 1. The maximum atomic E-state index is 13.0. The number of azo groups is 1. The van der Waals surface area contributed by atoms with Crippen LogP contribution in [0.1, 0.15) is 5.56 Å². The van der Waals surface area contributed by atoms with Crippen molar-refractivity contribution in [2.24, 2.45) is 10.2 Å². The summed E-state index contributed by atoms with van der Waals surface area (Å²) in [5.74, 6) is -0.131. The topological polar surface area (TPSA) is 53.8 Å². The van der Waals surface area contributed by atoms with Gasteiger partial charge >= 0.3 is 0 Å². The molecule has 4 nitrogen and oxygen atoms in total. The first-order chi connectivity index (χ1) is 11.6. The van der Waals surface area contributed by atoms with Crippen LogP contribution < -0.4 is 5.32 Å². The molecule has 0 saturated heterocycles. The fourth-order valence-electron chi connectivity index (χ4n) is 2.30. The highest BCUT2D eigenvalue weighted by Gasteiger charge is 2.49. The Bertz CT molecular complexity index is 741. The molecule has 24 heavy (non-hydrogen) atoms. The van der Waals surface area contributed by atoms with Gasteiger partial charge in [0.25, 0.3) is 5.91 Å². The zero-order valence-electron chi connectivity index (χ0n) is 12.7. The lowest BCUT2D eigenvalue weighted by atomic mass is 10.2. The van der Waals surface area contributed by atoms with E-state index >= 15 is 0 Å². The predicted octanol–water partition coefficient (Wildman–Crippen LogP) is 4.47. The van der Waals surface area contributed by atoms with Gasteiger partial charge in [-0.05, 0) is 29.8 Å². The summed E-state index contributed by atoms with van der Waals surface area (Å²) in [5, 5.41) is 10.3. The molecule has 0 radical (unpaired) electrons. The average molecular weight is 364 g/mol. The number of nitrogens with one attached hydrogen (secondary N) is 1. The first-order valence-corrected chi connectivity index (χ1v) is 8.80. The molecule has 0 fully saturated rings. The number of rotatable bonds is 5. The van der Waals surface area contributed by atoms with Gasteiger partial charge in [-0.2, -0.15) is 10.2 Å². The van der Waals surface area contributed by atoms with Crippen LogP contribution in [0.5, 0.6) is 0 Å². The number of anilines is 1. The van der Waals surface area contributed by atoms with Gasteiger partial charge in [-0.1, -0.05) is 30.3 Å². The van der Waals surface area contributed by atoms with E-state index in [0.29, 0.717) is 18.0 Å². The minimum atomic E-state index is -1.19. The average Bonchev–Trinajstić information content (AvgIpc) is 2.98. The molecule has 2 aromatic rings. The molecule has 1 heterocycles. The number of hydrogen-bond donors (Lipinski definition) is 1. The molecule has 0 bridgehead atoms. The Labute approximate surface area is 148 Å². The lowest BCUT2D eigenvalue weighted by Gasteiger charge is -2.26. The highest BCUT2D eigenvalue weighted by molar-refractivity contribution is 8.00. The molecule has 0 saturated carbocycles. The molecule has 2 aromatic carbocycles. The third-order valence-corrected chi connectivity index (χ3v) is 5.67. The fraction of sp³-hybridized carbons (Fsp3) is 0.235. The van der Waals surface area contributed by atoms with Crippen molar-refractivity contribution in [3.05, 3.63) is 66.0 Å². The van der Waals surface area contributed by atoms with Crippen LogP contribution in [0.3, 0.4) is 0 Å². The van der Waals surface area contributed by atoms with E-state index in [1.165, 1.54) is 36.0 Å². The Hall–Kier alpha value is -1.92. The van der Waals surface area contributed by atoms with Gasteiger partial charge in [-0.3, -0.25) is 4.79 Å². The van der Waals surface area contributed by atoms with Crippen molar-refractivity contribution in [1.29, 1.82) is 0 Å².